The molecule has 0 aliphatic heterocycles. The molecule has 0 atom stereocenters. The Morgan fingerprint density at radius 3 is 2.64 bits per heavy atom. The summed E-state index contributed by atoms with van der Waals surface area (Å²) in [6.45, 7) is -0.126. The van der Waals surface area contributed by atoms with Gasteiger partial charge in [0.2, 0.25) is 0 Å². The summed E-state index contributed by atoms with van der Waals surface area (Å²) in [6.07, 6.45) is 1.51. The number of halogens is 2. The SMILES string of the molecule is N#Cc1cccc(-n2ccc(OCc3ccc(F)cc3F)cc2=O)c1. The van der Waals surface area contributed by atoms with Crippen LogP contribution in [0.3, 0.4) is 0 Å². The highest BCUT2D eigenvalue weighted by Crippen LogP contribution is 2.15. The molecule has 2 aromatic carbocycles. The van der Waals surface area contributed by atoms with E-state index in [4.69, 9.17) is 10.00 Å². The highest BCUT2D eigenvalue weighted by atomic mass is 19.1. The van der Waals surface area contributed by atoms with Crippen LogP contribution >= 0.6 is 0 Å². The third-order valence-electron chi connectivity index (χ3n) is 3.55. The van der Waals surface area contributed by atoms with E-state index in [1.807, 2.05) is 6.07 Å². The van der Waals surface area contributed by atoms with Crippen LogP contribution in [0, 0.1) is 23.0 Å². The summed E-state index contributed by atoms with van der Waals surface area (Å²) in [5.41, 5.74) is 0.830. The summed E-state index contributed by atoms with van der Waals surface area (Å²) in [4.78, 5) is 12.2. The van der Waals surface area contributed by atoms with Gasteiger partial charge in [0.05, 0.1) is 11.6 Å². The number of benzene rings is 2. The van der Waals surface area contributed by atoms with E-state index in [1.54, 1.807) is 30.3 Å². The third-order valence-corrected chi connectivity index (χ3v) is 3.55. The molecule has 1 heterocycles. The van der Waals surface area contributed by atoms with Gasteiger partial charge in [-0.15, -0.1) is 0 Å². The molecule has 6 heteroatoms. The van der Waals surface area contributed by atoms with Gasteiger partial charge in [-0.3, -0.25) is 9.36 Å². The Morgan fingerprint density at radius 2 is 1.92 bits per heavy atom. The van der Waals surface area contributed by atoms with Crippen LogP contribution < -0.4 is 10.3 Å². The third kappa shape index (κ3) is 3.72. The zero-order valence-corrected chi connectivity index (χ0v) is 12.9. The van der Waals surface area contributed by atoms with Crippen LogP contribution in [0.5, 0.6) is 5.75 Å². The molecule has 1 aromatic heterocycles. The zero-order valence-electron chi connectivity index (χ0n) is 12.9. The normalized spacial score (nSPS) is 10.3. The van der Waals surface area contributed by atoms with Crippen LogP contribution in [0.2, 0.25) is 0 Å². The highest BCUT2D eigenvalue weighted by molar-refractivity contribution is 5.42. The fourth-order valence-corrected chi connectivity index (χ4v) is 2.29. The van der Waals surface area contributed by atoms with Crippen LogP contribution in [-0.4, -0.2) is 4.57 Å². The number of pyridine rings is 1. The Hall–Kier alpha value is -3.46. The van der Waals surface area contributed by atoms with Crippen LogP contribution in [0.25, 0.3) is 5.69 Å². The number of hydrogen-bond donors (Lipinski definition) is 0. The molecule has 124 valence electrons. The van der Waals surface area contributed by atoms with E-state index in [0.717, 1.165) is 12.1 Å². The number of aromatic nitrogens is 1. The molecule has 0 spiro atoms. The smallest absolute Gasteiger partial charge is 0.258 e. The van der Waals surface area contributed by atoms with Gasteiger partial charge in [-0.05, 0) is 36.4 Å². The molecule has 0 amide bonds. The predicted molar refractivity (Wildman–Crippen MR) is 87.4 cm³/mol. The first-order valence-corrected chi connectivity index (χ1v) is 7.37. The van der Waals surface area contributed by atoms with Crippen molar-refractivity contribution in [3.05, 3.63) is 93.9 Å². The topological polar surface area (TPSA) is 55.0 Å². The molecule has 0 fully saturated rings. The standard InChI is InChI=1S/C19H12F2N2O2/c20-15-5-4-14(18(21)9-15)12-25-17-6-7-23(19(24)10-17)16-3-1-2-13(8-16)11-22/h1-10H,12H2. The number of hydrogen-bond acceptors (Lipinski definition) is 3. The van der Waals surface area contributed by atoms with Crippen LogP contribution in [0.1, 0.15) is 11.1 Å². The van der Waals surface area contributed by atoms with Crippen molar-refractivity contribution in [1.29, 1.82) is 5.26 Å². The minimum absolute atomic E-state index is 0.126. The summed E-state index contributed by atoms with van der Waals surface area (Å²) >= 11 is 0. The molecule has 4 nitrogen and oxygen atoms in total. The van der Waals surface area contributed by atoms with Crippen LogP contribution in [0.15, 0.2) is 65.6 Å². The lowest BCUT2D eigenvalue weighted by Gasteiger charge is -2.09. The summed E-state index contributed by atoms with van der Waals surface area (Å²) in [5.74, 6) is -1.11. The molecule has 0 bridgehead atoms. The average Bonchev–Trinajstić information content (AvgIpc) is 2.61. The van der Waals surface area contributed by atoms with Crippen molar-refractivity contribution in [3.63, 3.8) is 0 Å². The van der Waals surface area contributed by atoms with Crippen LogP contribution in [0.4, 0.5) is 8.78 Å². The fourth-order valence-electron chi connectivity index (χ4n) is 2.29. The molecular weight excluding hydrogens is 326 g/mol. The second-order valence-electron chi connectivity index (χ2n) is 5.26. The summed E-state index contributed by atoms with van der Waals surface area (Å²) in [6, 6.07) is 14.7. The fraction of sp³-hybridized carbons (Fsp3) is 0.0526. The first-order chi connectivity index (χ1) is 12.1. The predicted octanol–water partition coefficient (Wildman–Crippen LogP) is 3.57. The number of nitrogens with zero attached hydrogens (tertiary/aromatic N) is 2. The molecule has 3 aromatic rings. The van der Waals surface area contributed by atoms with Crippen molar-refractivity contribution in [2.45, 2.75) is 6.61 Å². The van der Waals surface area contributed by atoms with Crippen molar-refractivity contribution in [3.8, 4) is 17.5 Å². The first-order valence-electron chi connectivity index (χ1n) is 7.37. The van der Waals surface area contributed by atoms with E-state index in [9.17, 15) is 13.6 Å². The lowest BCUT2D eigenvalue weighted by atomic mass is 10.2. The van der Waals surface area contributed by atoms with Gasteiger partial charge in [0.15, 0.2) is 0 Å². The maximum atomic E-state index is 13.6. The van der Waals surface area contributed by atoms with E-state index in [0.29, 0.717) is 11.3 Å². The van der Waals surface area contributed by atoms with E-state index in [2.05, 4.69) is 0 Å². The van der Waals surface area contributed by atoms with Crippen molar-refractivity contribution in [2.24, 2.45) is 0 Å². The Bertz CT molecular complexity index is 1020. The second-order valence-corrected chi connectivity index (χ2v) is 5.26. The maximum Gasteiger partial charge on any atom is 0.258 e. The number of nitriles is 1. The lowest BCUT2D eigenvalue weighted by molar-refractivity contribution is 0.298. The van der Waals surface area contributed by atoms with Gasteiger partial charge in [-0.1, -0.05) is 6.07 Å². The molecular formula is C19H12F2N2O2. The molecule has 0 aliphatic carbocycles. The minimum Gasteiger partial charge on any atom is -0.489 e. The van der Waals surface area contributed by atoms with Crippen molar-refractivity contribution in [2.75, 3.05) is 0 Å². The molecule has 0 saturated heterocycles. The molecule has 25 heavy (non-hydrogen) atoms. The molecule has 0 N–H and O–H groups in total. The maximum absolute atomic E-state index is 13.6. The van der Waals surface area contributed by atoms with Crippen molar-refractivity contribution >= 4 is 0 Å². The van der Waals surface area contributed by atoms with Crippen LogP contribution in [-0.2, 0) is 6.61 Å². The first kappa shape index (κ1) is 16.4. The summed E-state index contributed by atoms with van der Waals surface area (Å²) in [7, 11) is 0. The molecule has 3 rings (SSSR count). The Labute approximate surface area is 142 Å². The van der Waals surface area contributed by atoms with Gasteiger partial charge in [-0.2, -0.15) is 5.26 Å². The minimum atomic E-state index is -0.707. The van der Waals surface area contributed by atoms with E-state index in [1.165, 1.54) is 22.9 Å². The number of rotatable bonds is 4. The molecule has 0 aliphatic rings. The van der Waals surface area contributed by atoms with E-state index >= 15 is 0 Å². The summed E-state index contributed by atoms with van der Waals surface area (Å²) in [5, 5.41) is 8.93. The Morgan fingerprint density at radius 1 is 1.08 bits per heavy atom. The zero-order chi connectivity index (χ0) is 17.8. The van der Waals surface area contributed by atoms with Gasteiger partial charge < -0.3 is 4.74 Å². The lowest BCUT2D eigenvalue weighted by Crippen LogP contribution is -2.16. The van der Waals surface area contributed by atoms with Crippen molar-refractivity contribution < 1.29 is 13.5 Å². The summed E-state index contributed by atoms with van der Waals surface area (Å²) < 4.78 is 33.2. The quantitative estimate of drug-likeness (QED) is 0.731. The van der Waals surface area contributed by atoms with Gasteiger partial charge in [0.25, 0.3) is 5.56 Å². The second kappa shape index (κ2) is 6.97. The Kier molecular flexibility index (Phi) is 4.57. The monoisotopic (exact) mass is 338 g/mol. The van der Waals surface area contributed by atoms with E-state index in [-0.39, 0.29) is 23.5 Å². The van der Waals surface area contributed by atoms with Gasteiger partial charge in [-0.25, -0.2) is 8.78 Å². The number of ether oxygens (including phenoxy) is 1. The Balaban J connectivity index is 1.80. The van der Waals surface area contributed by atoms with Crippen molar-refractivity contribution in [1.82, 2.24) is 4.57 Å². The van der Waals surface area contributed by atoms with Gasteiger partial charge in [0.1, 0.15) is 24.0 Å². The largest absolute Gasteiger partial charge is 0.489 e. The van der Waals surface area contributed by atoms with Gasteiger partial charge >= 0.3 is 0 Å². The van der Waals surface area contributed by atoms with Gasteiger partial charge in [0, 0.05) is 29.6 Å². The molecule has 0 saturated carbocycles. The average molecular weight is 338 g/mol. The van der Waals surface area contributed by atoms with E-state index < -0.39 is 11.6 Å². The molecule has 0 unspecified atom stereocenters. The molecule has 0 radical (unpaired) electrons. The highest BCUT2D eigenvalue weighted by Gasteiger charge is 2.07.